The second-order valence-corrected chi connectivity index (χ2v) is 6.98. The van der Waals surface area contributed by atoms with E-state index >= 15 is 0 Å². The monoisotopic (exact) mass is 237 g/mol. The summed E-state index contributed by atoms with van der Waals surface area (Å²) in [5.74, 6) is 4.43. The molecule has 0 radical (unpaired) electrons. The van der Waals surface area contributed by atoms with Gasteiger partial charge >= 0.3 is 0 Å². The third-order valence-electron chi connectivity index (χ3n) is 5.79. The molecule has 3 fully saturated rings. The third kappa shape index (κ3) is 2.04. The summed E-state index contributed by atoms with van der Waals surface area (Å²) >= 11 is 0. The number of hydrogen-bond donors (Lipinski definition) is 2. The van der Waals surface area contributed by atoms with E-state index < -0.39 is 0 Å². The van der Waals surface area contributed by atoms with Crippen LogP contribution in [0.25, 0.3) is 0 Å². The fourth-order valence-electron chi connectivity index (χ4n) is 4.81. The predicted molar refractivity (Wildman–Crippen MR) is 69.7 cm³/mol. The maximum Gasteiger partial charge on any atom is 0.0687 e. The van der Waals surface area contributed by atoms with Gasteiger partial charge in [-0.15, -0.1) is 0 Å². The van der Waals surface area contributed by atoms with E-state index in [9.17, 15) is 5.11 Å². The van der Waals surface area contributed by atoms with Crippen molar-refractivity contribution in [1.29, 1.82) is 0 Å². The Balaban J connectivity index is 1.54. The zero-order chi connectivity index (χ0) is 12.0. The summed E-state index contributed by atoms with van der Waals surface area (Å²) in [6.45, 7) is 4.99. The Morgan fingerprint density at radius 2 is 1.88 bits per heavy atom. The highest BCUT2D eigenvalue weighted by molar-refractivity contribution is 5.05. The molecule has 6 atom stereocenters. The molecule has 3 aliphatic carbocycles. The van der Waals surface area contributed by atoms with Gasteiger partial charge in [-0.3, -0.25) is 0 Å². The minimum Gasteiger partial charge on any atom is -0.392 e. The van der Waals surface area contributed by atoms with Crippen LogP contribution in [0.5, 0.6) is 0 Å². The van der Waals surface area contributed by atoms with Gasteiger partial charge in [-0.1, -0.05) is 20.3 Å². The largest absolute Gasteiger partial charge is 0.392 e. The van der Waals surface area contributed by atoms with Crippen molar-refractivity contribution in [3.63, 3.8) is 0 Å². The van der Waals surface area contributed by atoms with E-state index in [2.05, 4.69) is 19.2 Å². The smallest absolute Gasteiger partial charge is 0.0687 e. The second kappa shape index (κ2) is 4.55. The van der Waals surface area contributed by atoms with Gasteiger partial charge < -0.3 is 10.4 Å². The summed E-state index contributed by atoms with van der Waals surface area (Å²) in [4.78, 5) is 0. The molecular formula is C15H27NO. The Labute approximate surface area is 105 Å². The Morgan fingerprint density at radius 1 is 1.12 bits per heavy atom. The lowest BCUT2D eigenvalue weighted by Gasteiger charge is -2.33. The van der Waals surface area contributed by atoms with Crippen molar-refractivity contribution in [3.8, 4) is 0 Å². The highest BCUT2D eigenvalue weighted by atomic mass is 16.3. The maximum atomic E-state index is 9.88. The van der Waals surface area contributed by atoms with E-state index in [0.717, 1.165) is 30.2 Å². The summed E-state index contributed by atoms with van der Waals surface area (Å²) in [6.07, 6.45) is 7.16. The summed E-state index contributed by atoms with van der Waals surface area (Å²) in [6, 6.07) is 0.716. The molecule has 0 spiro atoms. The summed E-state index contributed by atoms with van der Waals surface area (Å²) in [5, 5.41) is 13.5. The number of aliphatic hydroxyl groups is 1. The minimum absolute atomic E-state index is 0.173. The molecule has 0 aromatic heterocycles. The average molecular weight is 237 g/mol. The molecule has 0 amide bonds. The molecule has 0 aliphatic heterocycles. The summed E-state index contributed by atoms with van der Waals surface area (Å²) < 4.78 is 0. The molecule has 0 aromatic rings. The van der Waals surface area contributed by atoms with E-state index in [0.29, 0.717) is 12.0 Å². The van der Waals surface area contributed by atoms with Crippen LogP contribution in [0.2, 0.25) is 0 Å². The van der Waals surface area contributed by atoms with Crippen molar-refractivity contribution in [2.24, 2.45) is 29.6 Å². The van der Waals surface area contributed by atoms with Gasteiger partial charge in [-0.25, -0.2) is 0 Å². The van der Waals surface area contributed by atoms with Crippen LogP contribution in [0.1, 0.15) is 46.0 Å². The molecule has 6 unspecified atom stereocenters. The molecule has 17 heavy (non-hydrogen) atoms. The Bertz CT molecular complexity index is 278. The first-order chi connectivity index (χ1) is 8.16. The van der Waals surface area contributed by atoms with Crippen LogP contribution in [0.15, 0.2) is 0 Å². The zero-order valence-corrected chi connectivity index (χ0v) is 11.2. The van der Waals surface area contributed by atoms with E-state index in [1.165, 1.54) is 32.1 Å². The minimum atomic E-state index is -0.173. The Kier molecular flexibility index (Phi) is 3.20. The second-order valence-electron chi connectivity index (χ2n) is 6.98. The zero-order valence-electron chi connectivity index (χ0n) is 11.2. The molecule has 0 heterocycles. The summed E-state index contributed by atoms with van der Waals surface area (Å²) in [7, 11) is 0. The molecule has 0 saturated heterocycles. The van der Waals surface area contributed by atoms with Crippen molar-refractivity contribution in [2.75, 3.05) is 6.54 Å². The van der Waals surface area contributed by atoms with Gasteiger partial charge in [-0.2, -0.15) is 0 Å². The number of nitrogens with one attached hydrogen (secondary N) is 1. The average Bonchev–Trinajstić information content (AvgIpc) is 2.96. The Hall–Kier alpha value is -0.0800. The number of rotatable bonds is 4. The highest BCUT2D eigenvalue weighted by Crippen LogP contribution is 2.58. The number of hydrogen-bond acceptors (Lipinski definition) is 2. The molecule has 3 rings (SSSR count). The normalized spacial score (nSPS) is 45.5. The van der Waals surface area contributed by atoms with Crippen LogP contribution in [0.3, 0.4) is 0 Å². The van der Waals surface area contributed by atoms with Crippen LogP contribution in [-0.2, 0) is 0 Å². The van der Waals surface area contributed by atoms with Gasteiger partial charge in [0.05, 0.1) is 6.10 Å². The Morgan fingerprint density at radius 3 is 2.65 bits per heavy atom. The molecule has 3 aliphatic rings. The maximum absolute atomic E-state index is 9.88. The molecule has 2 N–H and O–H groups in total. The quantitative estimate of drug-likeness (QED) is 0.787. The summed E-state index contributed by atoms with van der Waals surface area (Å²) in [5.41, 5.74) is 0. The topological polar surface area (TPSA) is 32.3 Å². The highest BCUT2D eigenvalue weighted by Gasteiger charge is 2.53. The van der Waals surface area contributed by atoms with Crippen molar-refractivity contribution in [1.82, 2.24) is 5.32 Å². The first kappa shape index (κ1) is 12.0. The van der Waals surface area contributed by atoms with Gasteiger partial charge in [0.2, 0.25) is 0 Å². The van der Waals surface area contributed by atoms with Crippen molar-refractivity contribution in [3.05, 3.63) is 0 Å². The molecule has 0 aromatic carbocycles. The van der Waals surface area contributed by atoms with Gasteiger partial charge in [-0.05, 0) is 55.3 Å². The van der Waals surface area contributed by atoms with Crippen LogP contribution < -0.4 is 5.32 Å². The first-order valence-electron chi connectivity index (χ1n) is 7.58. The van der Waals surface area contributed by atoms with Gasteiger partial charge in [0.15, 0.2) is 0 Å². The van der Waals surface area contributed by atoms with E-state index in [1.807, 2.05) is 0 Å². The van der Waals surface area contributed by atoms with Gasteiger partial charge in [0, 0.05) is 12.6 Å². The van der Waals surface area contributed by atoms with Gasteiger partial charge in [0.1, 0.15) is 0 Å². The predicted octanol–water partition coefficient (Wildman–Crippen LogP) is 2.42. The van der Waals surface area contributed by atoms with Crippen LogP contribution in [-0.4, -0.2) is 23.8 Å². The SMILES string of the molecule is CC(C)C(O)CNC1CC2CC1C1CCCC21. The fourth-order valence-corrected chi connectivity index (χ4v) is 4.81. The van der Waals surface area contributed by atoms with Crippen molar-refractivity contribution in [2.45, 2.75) is 58.1 Å². The van der Waals surface area contributed by atoms with Crippen molar-refractivity contribution < 1.29 is 5.11 Å². The van der Waals surface area contributed by atoms with E-state index in [1.54, 1.807) is 0 Å². The van der Waals surface area contributed by atoms with Crippen LogP contribution >= 0.6 is 0 Å². The molecular weight excluding hydrogens is 210 g/mol. The fraction of sp³-hybridized carbons (Fsp3) is 1.00. The molecule has 2 heteroatoms. The number of fused-ring (bicyclic) bond motifs is 5. The molecule has 98 valence electrons. The molecule has 2 bridgehead atoms. The lowest BCUT2D eigenvalue weighted by Crippen LogP contribution is -2.43. The molecule has 3 saturated carbocycles. The van der Waals surface area contributed by atoms with Gasteiger partial charge in [0.25, 0.3) is 0 Å². The van der Waals surface area contributed by atoms with E-state index in [4.69, 9.17) is 0 Å². The van der Waals surface area contributed by atoms with Crippen LogP contribution in [0, 0.1) is 29.6 Å². The van der Waals surface area contributed by atoms with Crippen molar-refractivity contribution >= 4 is 0 Å². The standard InChI is InChI=1S/C15H27NO/c1-9(2)15(17)8-16-14-7-10-6-13(14)12-5-3-4-11(10)12/h9-17H,3-8H2,1-2H3. The third-order valence-corrected chi connectivity index (χ3v) is 5.79. The first-order valence-corrected chi connectivity index (χ1v) is 7.58. The lowest BCUT2D eigenvalue weighted by molar-refractivity contribution is 0.110. The number of aliphatic hydroxyl groups excluding tert-OH is 1. The van der Waals surface area contributed by atoms with Crippen LogP contribution in [0.4, 0.5) is 0 Å². The van der Waals surface area contributed by atoms with E-state index in [-0.39, 0.29) is 6.10 Å². The molecule has 2 nitrogen and oxygen atoms in total. The lowest BCUT2D eigenvalue weighted by atomic mass is 9.79.